The van der Waals surface area contributed by atoms with E-state index >= 15 is 0 Å². The van der Waals surface area contributed by atoms with Gasteiger partial charge in [0.2, 0.25) is 11.8 Å². The molecule has 2 unspecified atom stereocenters. The summed E-state index contributed by atoms with van der Waals surface area (Å²) in [6.45, 7) is 10.4. The molecule has 29 heavy (non-hydrogen) atoms. The fourth-order valence-electron chi connectivity index (χ4n) is 5.27. The molecule has 1 spiro atoms. The lowest BCUT2D eigenvalue weighted by Crippen LogP contribution is -2.56. The van der Waals surface area contributed by atoms with E-state index in [1.807, 2.05) is 13.8 Å². The largest absolute Gasteiger partial charge is 0.466 e. The van der Waals surface area contributed by atoms with Crippen molar-refractivity contribution in [3.8, 4) is 0 Å². The second kappa shape index (κ2) is 8.68. The van der Waals surface area contributed by atoms with Crippen molar-refractivity contribution < 1.29 is 24.2 Å². The van der Waals surface area contributed by atoms with Crippen LogP contribution in [0, 0.1) is 11.8 Å². The molecule has 3 aliphatic heterocycles. The molecular weight excluding hydrogens is 392 g/mol. The number of fused-ring (bicyclic) bond motifs is 1. The van der Waals surface area contributed by atoms with Gasteiger partial charge in [-0.3, -0.25) is 14.4 Å². The van der Waals surface area contributed by atoms with Gasteiger partial charge in [0.05, 0.1) is 23.2 Å². The van der Waals surface area contributed by atoms with Gasteiger partial charge in [0.15, 0.2) is 0 Å². The molecule has 1 N–H and O–H groups in total. The van der Waals surface area contributed by atoms with E-state index in [0.29, 0.717) is 19.5 Å². The van der Waals surface area contributed by atoms with Gasteiger partial charge in [0.25, 0.3) is 0 Å². The number of hydrogen-bond acceptors (Lipinski definition) is 6. The number of aliphatic hydroxyl groups excluding tert-OH is 1. The zero-order valence-corrected chi connectivity index (χ0v) is 18.3. The average molecular weight is 425 g/mol. The van der Waals surface area contributed by atoms with Crippen molar-refractivity contribution in [2.75, 3.05) is 26.3 Å². The molecule has 0 aliphatic carbocycles. The van der Waals surface area contributed by atoms with E-state index in [-0.39, 0.29) is 42.3 Å². The van der Waals surface area contributed by atoms with Crippen LogP contribution < -0.4 is 0 Å². The van der Waals surface area contributed by atoms with Crippen LogP contribution in [0.4, 0.5) is 0 Å². The number of carbonyl (C=O) groups excluding carboxylic acids is 3. The summed E-state index contributed by atoms with van der Waals surface area (Å²) in [4.78, 5) is 43.3. The third-order valence-electron chi connectivity index (χ3n) is 6.38. The van der Waals surface area contributed by atoms with Crippen molar-refractivity contribution in [1.82, 2.24) is 9.80 Å². The standard InChI is InChI=1S/C21H32N2O5S/c1-5-10-22(13(3)4)19(26)17-21-9-8-14(29-21)15(20(27)28-6-2)16(21)18(25)23(17)11-7-12-24/h5,13-17,24H,1,6-12H2,2-4H3/t14-,15+,16+,17?,21?/m1/s1. The number of hydrogen-bond donors (Lipinski definition) is 1. The van der Waals surface area contributed by atoms with Crippen LogP contribution in [0.1, 0.15) is 40.0 Å². The molecule has 2 bridgehead atoms. The van der Waals surface area contributed by atoms with Gasteiger partial charge < -0.3 is 19.6 Å². The van der Waals surface area contributed by atoms with E-state index in [0.717, 1.165) is 12.8 Å². The maximum atomic E-state index is 13.7. The monoisotopic (exact) mass is 424 g/mol. The number of likely N-dealkylation sites (tertiary alicyclic amines) is 1. The van der Waals surface area contributed by atoms with Crippen LogP contribution in [-0.2, 0) is 19.1 Å². The predicted molar refractivity (Wildman–Crippen MR) is 111 cm³/mol. The minimum atomic E-state index is -0.622. The molecule has 3 heterocycles. The maximum absolute atomic E-state index is 13.7. The second-order valence-electron chi connectivity index (χ2n) is 8.29. The van der Waals surface area contributed by atoms with E-state index in [1.54, 1.807) is 34.6 Å². The molecule has 0 saturated carbocycles. The van der Waals surface area contributed by atoms with Gasteiger partial charge in [0, 0.05) is 31.0 Å². The topological polar surface area (TPSA) is 87.2 Å². The summed E-state index contributed by atoms with van der Waals surface area (Å²) < 4.78 is 4.70. The summed E-state index contributed by atoms with van der Waals surface area (Å²) in [7, 11) is 0. The summed E-state index contributed by atoms with van der Waals surface area (Å²) in [6, 6.07) is -0.654. The van der Waals surface area contributed by atoms with Gasteiger partial charge in [-0.2, -0.15) is 0 Å². The van der Waals surface area contributed by atoms with E-state index in [4.69, 9.17) is 4.74 Å². The Hall–Kier alpha value is -1.54. The first-order chi connectivity index (χ1) is 13.8. The van der Waals surface area contributed by atoms with Gasteiger partial charge >= 0.3 is 5.97 Å². The van der Waals surface area contributed by atoms with Crippen molar-refractivity contribution in [3.63, 3.8) is 0 Å². The van der Waals surface area contributed by atoms with Crippen LogP contribution in [0.15, 0.2) is 12.7 Å². The fourth-order valence-corrected chi connectivity index (χ4v) is 7.47. The van der Waals surface area contributed by atoms with Crippen molar-refractivity contribution >= 4 is 29.5 Å². The number of aliphatic hydroxyl groups is 1. The first kappa shape index (κ1) is 22.2. The smallest absolute Gasteiger partial charge is 0.310 e. The quantitative estimate of drug-likeness (QED) is 0.445. The number of thioether (sulfide) groups is 1. The third-order valence-corrected chi connectivity index (χ3v) is 8.33. The van der Waals surface area contributed by atoms with Gasteiger partial charge in [-0.05, 0) is 40.0 Å². The highest BCUT2D eigenvalue weighted by atomic mass is 32.2. The van der Waals surface area contributed by atoms with Crippen LogP contribution in [0.2, 0.25) is 0 Å². The molecule has 0 aromatic heterocycles. The number of rotatable bonds is 9. The van der Waals surface area contributed by atoms with Crippen LogP contribution in [0.25, 0.3) is 0 Å². The Bertz CT molecular complexity index is 684. The molecule has 5 atom stereocenters. The Balaban J connectivity index is 2.01. The molecule has 3 saturated heterocycles. The molecule has 0 aromatic carbocycles. The van der Waals surface area contributed by atoms with E-state index < -0.39 is 22.6 Å². The highest BCUT2D eigenvalue weighted by molar-refractivity contribution is 8.02. The molecule has 3 fully saturated rings. The maximum Gasteiger partial charge on any atom is 0.310 e. The number of ether oxygens (including phenoxy) is 1. The molecule has 3 aliphatic rings. The molecule has 2 amide bonds. The number of esters is 1. The number of carbonyl (C=O) groups is 3. The van der Waals surface area contributed by atoms with Crippen LogP contribution >= 0.6 is 11.8 Å². The molecule has 7 nitrogen and oxygen atoms in total. The van der Waals surface area contributed by atoms with Crippen molar-refractivity contribution in [2.45, 2.75) is 62.1 Å². The van der Waals surface area contributed by atoms with Crippen molar-refractivity contribution in [1.29, 1.82) is 0 Å². The van der Waals surface area contributed by atoms with Gasteiger partial charge in [-0.25, -0.2) is 0 Å². The zero-order valence-electron chi connectivity index (χ0n) is 17.5. The highest BCUT2D eigenvalue weighted by Gasteiger charge is 2.74. The van der Waals surface area contributed by atoms with Gasteiger partial charge in [-0.1, -0.05) is 6.08 Å². The lowest BCUT2D eigenvalue weighted by Gasteiger charge is -2.38. The Morgan fingerprint density at radius 3 is 2.79 bits per heavy atom. The Labute approximate surface area is 176 Å². The normalized spacial score (nSPS) is 32.6. The first-order valence-electron chi connectivity index (χ1n) is 10.5. The average Bonchev–Trinajstić information content (AvgIpc) is 3.31. The Morgan fingerprint density at radius 2 is 2.21 bits per heavy atom. The lowest BCUT2D eigenvalue weighted by atomic mass is 9.71. The van der Waals surface area contributed by atoms with E-state index in [1.165, 1.54) is 0 Å². The van der Waals surface area contributed by atoms with E-state index in [9.17, 15) is 19.5 Å². The lowest BCUT2D eigenvalue weighted by molar-refractivity contribution is -0.153. The molecular formula is C21H32N2O5S. The molecule has 8 heteroatoms. The molecule has 0 radical (unpaired) electrons. The minimum Gasteiger partial charge on any atom is -0.466 e. The number of amides is 2. The summed E-state index contributed by atoms with van der Waals surface area (Å²) in [5, 5.41) is 9.35. The first-order valence-corrected chi connectivity index (χ1v) is 11.4. The highest BCUT2D eigenvalue weighted by Crippen LogP contribution is 2.66. The Morgan fingerprint density at radius 1 is 1.48 bits per heavy atom. The Kier molecular flexibility index (Phi) is 6.63. The minimum absolute atomic E-state index is 0.0187. The number of nitrogens with zero attached hydrogens (tertiary/aromatic N) is 2. The van der Waals surface area contributed by atoms with Crippen LogP contribution in [0.3, 0.4) is 0 Å². The fraction of sp³-hybridized carbons (Fsp3) is 0.762. The van der Waals surface area contributed by atoms with Gasteiger partial charge in [0.1, 0.15) is 6.04 Å². The molecule has 162 valence electrons. The molecule has 0 aromatic rings. The predicted octanol–water partition coefficient (Wildman–Crippen LogP) is 1.45. The second-order valence-corrected chi connectivity index (χ2v) is 9.89. The SMILES string of the molecule is C=CCN(C(=O)C1N(CCCO)C(=O)[C@@H]2[C@@H](C(=O)OCC)[C@H]3CCC12S3)C(C)C. The summed E-state index contributed by atoms with van der Waals surface area (Å²) in [5.74, 6) is -1.59. The zero-order chi connectivity index (χ0) is 21.3. The summed E-state index contributed by atoms with van der Waals surface area (Å²) in [5.41, 5.74) is 0. The van der Waals surface area contributed by atoms with Crippen LogP contribution in [-0.4, -0.2) is 81.1 Å². The third kappa shape index (κ3) is 3.48. The molecule has 3 rings (SSSR count). The van der Waals surface area contributed by atoms with Crippen LogP contribution in [0.5, 0.6) is 0 Å². The summed E-state index contributed by atoms with van der Waals surface area (Å²) >= 11 is 1.64. The van der Waals surface area contributed by atoms with Crippen molar-refractivity contribution in [2.24, 2.45) is 11.8 Å². The van der Waals surface area contributed by atoms with E-state index in [2.05, 4.69) is 6.58 Å². The van der Waals surface area contributed by atoms with Crippen molar-refractivity contribution in [3.05, 3.63) is 12.7 Å². The summed E-state index contributed by atoms with van der Waals surface area (Å²) in [6.07, 6.45) is 3.64. The van der Waals surface area contributed by atoms with Gasteiger partial charge in [-0.15, -0.1) is 18.3 Å².